The number of aliphatic imine (C=N–C) groups is 2. The second-order valence-corrected chi connectivity index (χ2v) is 8.53. The normalized spacial score (nSPS) is 17.5. The largest absolute Gasteiger partial charge is 0.573 e. The Balaban J connectivity index is 1.59. The molecule has 0 radical (unpaired) electrons. The summed E-state index contributed by atoms with van der Waals surface area (Å²) in [6.45, 7) is 6.90. The first kappa shape index (κ1) is 24.5. The molecule has 4 rings (SSSR count). The summed E-state index contributed by atoms with van der Waals surface area (Å²) in [5, 5.41) is 6.60. The van der Waals surface area contributed by atoms with E-state index in [1.807, 2.05) is 31.2 Å². The average Bonchev–Trinajstić information content (AvgIpc) is 2.79. The minimum absolute atomic E-state index is 0.231. The number of benzene rings is 1. The number of dihydropyridines is 1. The van der Waals surface area contributed by atoms with E-state index in [9.17, 15) is 13.2 Å². The molecule has 0 fully saturated rings. The quantitative estimate of drug-likeness (QED) is 0.572. The smallest absolute Gasteiger partial charge is 0.406 e. The van der Waals surface area contributed by atoms with Gasteiger partial charge in [0.1, 0.15) is 18.2 Å². The zero-order valence-corrected chi connectivity index (χ0v) is 19.6. The number of hydrogen-bond donors (Lipinski definition) is 2. The van der Waals surface area contributed by atoms with Crippen molar-refractivity contribution in [3.05, 3.63) is 71.6 Å². The van der Waals surface area contributed by atoms with Gasteiger partial charge < -0.3 is 20.1 Å². The van der Waals surface area contributed by atoms with E-state index in [-0.39, 0.29) is 12.4 Å². The molecular weight excluding hydrogens is 459 g/mol. The van der Waals surface area contributed by atoms with Crippen molar-refractivity contribution in [3.63, 3.8) is 0 Å². The molecule has 0 bridgehead atoms. The topological polar surface area (TPSA) is 80.1 Å². The Morgan fingerprint density at radius 3 is 2.57 bits per heavy atom. The summed E-state index contributed by atoms with van der Waals surface area (Å²) in [4.78, 5) is 13.8. The molecular formula is C25H26F3N5O2. The number of anilines is 1. The number of aromatic nitrogens is 1. The Morgan fingerprint density at radius 1 is 1.11 bits per heavy atom. The van der Waals surface area contributed by atoms with Gasteiger partial charge in [-0.2, -0.15) is 0 Å². The van der Waals surface area contributed by atoms with Gasteiger partial charge in [0.05, 0.1) is 11.4 Å². The highest BCUT2D eigenvalue weighted by atomic mass is 19.4. The number of amidine groups is 2. The summed E-state index contributed by atoms with van der Waals surface area (Å²) in [7, 11) is 0. The van der Waals surface area contributed by atoms with E-state index in [1.165, 1.54) is 24.3 Å². The number of fused-ring (bicyclic) bond motifs is 1. The van der Waals surface area contributed by atoms with E-state index in [4.69, 9.17) is 9.73 Å². The summed E-state index contributed by atoms with van der Waals surface area (Å²) in [6, 6.07) is 9.34. The van der Waals surface area contributed by atoms with Crippen LogP contribution in [-0.4, -0.2) is 42.4 Å². The fourth-order valence-electron chi connectivity index (χ4n) is 3.57. The van der Waals surface area contributed by atoms with Crippen LogP contribution in [0.15, 0.2) is 70.3 Å². The molecule has 1 aromatic carbocycles. The zero-order chi connectivity index (χ0) is 25.0. The molecule has 1 unspecified atom stereocenters. The molecule has 1 aromatic heterocycles. The number of nitrogens with one attached hydrogen (secondary N) is 2. The van der Waals surface area contributed by atoms with Crippen LogP contribution in [0.3, 0.4) is 0 Å². The predicted molar refractivity (Wildman–Crippen MR) is 129 cm³/mol. The Hall–Kier alpha value is -3.66. The number of aryl methyl sites for hydroxylation is 1. The number of rotatable bonds is 7. The molecule has 7 nitrogen and oxygen atoms in total. The third kappa shape index (κ3) is 6.48. The third-order valence-corrected chi connectivity index (χ3v) is 5.11. The molecule has 0 aliphatic carbocycles. The van der Waals surface area contributed by atoms with Gasteiger partial charge in [0.25, 0.3) is 0 Å². The van der Waals surface area contributed by atoms with Crippen molar-refractivity contribution in [1.29, 1.82) is 0 Å². The lowest BCUT2D eigenvalue weighted by atomic mass is 10.0. The van der Waals surface area contributed by atoms with Crippen molar-refractivity contribution in [2.45, 2.75) is 33.3 Å². The molecule has 10 heteroatoms. The molecule has 2 aromatic rings. The van der Waals surface area contributed by atoms with Gasteiger partial charge in [-0.1, -0.05) is 19.9 Å². The molecule has 0 saturated heterocycles. The monoisotopic (exact) mass is 485 g/mol. The Labute approximate surface area is 201 Å². The molecule has 3 heterocycles. The summed E-state index contributed by atoms with van der Waals surface area (Å²) in [5.41, 5.74) is 4.02. The van der Waals surface area contributed by atoms with Crippen LogP contribution in [0.25, 0.3) is 5.70 Å². The van der Waals surface area contributed by atoms with Crippen molar-refractivity contribution < 1.29 is 22.6 Å². The van der Waals surface area contributed by atoms with Gasteiger partial charge in [-0.3, -0.25) is 4.98 Å². The van der Waals surface area contributed by atoms with Crippen LogP contribution in [0.5, 0.6) is 5.75 Å². The van der Waals surface area contributed by atoms with Gasteiger partial charge in [0.15, 0.2) is 12.0 Å². The number of halogens is 3. The molecule has 1 atom stereocenters. The summed E-state index contributed by atoms with van der Waals surface area (Å²) in [6.07, 6.45) is 0.384. The van der Waals surface area contributed by atoms with Crippen LogP contribution in [0.2, 0.25) is 0 Å². The summed E-state index contributed by atoms with van der Waals surface area (Å²) >= 11 is 0. The number of allylic oxidation sites excluding steroid dienone is 2. The van der Waals surface area contributed by atoms with Gasteiger partial charge >= 0.3 is 6.36 Å². The lowest BCUT2D eigenvalue weighted by Crippen LogP contribution is -2.40. The maximum absolute atomic E-state index is 12.5. The number of hydrogen-bond acceptors (Lipinski definition) is 7. The van der Waals surface area contributed by atoms with E-state index in [0.29, 0.717) is 29.9 Å². The average molecular weight is 486 g/mol. The maximum atomic E-state index is 12.5. The van der Waals surface area contributed by atoms with Crippen LogP contribution < -0.4 is 15.4 Å². The second-order valence-electron chi connectivity index (χ2n) is 8.53. The minimum atomic E-state index is -4.74. The van der Waals surface area contributed by atoms with Crippen LogP contribution in [0.4, 0.5) is 18.9 Å². The Bertz CT molecular complexity index is 1180. The van der Waals surface area contributed by atoms with Gasteiger partial charge in [0.2, 0.25) is 0 Å². The summed E-state index contributed by atoms with van der Waals surface area (Å²) < 4.78 is 47.1. The van der Waals surface area contributed by atoms with Crippen LogP contribution in [-0.2, 0) is 4.74 Å². The minimum Gasteiger partial charge on any atom is -0.406 e. The molecule has 35 heavy (non-hydrogen) atoms. The van der Waals surface area contributed by atoms with Crippen molar-refractivity contribution >= 4 is 23.1 Å². The summed E-state index contributed by atoms with van der Waals surface area (Å²) in [5.74, 6) is 1.09. The number of alkyl halides is 3. The van der Waals surface area contributed by atoms with E-state index in [0.717, 1.165) is 22.5 Å². The lowest BCUT2D eigenvalue weighted by molar-refractivity contribution is -0.274. The van der Waals surface area contributed by atoms with Crippen molar-refractivity contribution in [1.82, 2.24) is 10.3 Å². The van der Waals surface area contributed by atoms with Gasteiger partial charge in [-0.05, 0) is 60.9 Å². The predicted octanol–water partition coefficient (Wildman–Crippen LogP) is 5.08. The highest BCUT2D eigenvalue weighted by Crippen LogP contribution is 2.27. The first-order valence-corrected chi connectivity index (χ1v) is 11.1. The van der Waals surface area contributed by atoms with Crippen molar-refractivity contribution in [2.24, 2.45) is 15.9 Å². The molecule has 184 valence electrons. The number of pyridine rings is 1. The van der Waals surface area contributed by atoms with Gasteiger partial charge in [-0.15, -0.1) is 13.2 Å². The van der Waals surface area contributed by atoms with Crippen molar-refractivity contribution in [3.8, 4) is 5.75 Å². The maximum Gasteiger partial charge on any atom is 0.573 e. The molecule has 2 aliphatic heterocycles. The zero-order valence-electron chi connectivity index (χ0n) is 19.6. The molecule has 0 saturated carbocycles. The van der Waals surface area contributed by atoms with E-state index in [1.54, 1.807) is 6.20 Å². The third-order valence-electron chi connectivity index (χ3n) is 5.11. The van der Waals surface area contributed by atoms with E-state index in [2.05, 4.69) is 39.2 Å². The van der Waals surface area contributed by atoms with E-state index >= 15 is 0 Å². The Morgan fingerprint density at radius 2 is 1.89 bits per heavy atom. The highest BCUT2D eigenvalue weighted by Gasteiger charge is 2.31. The number of nitrogens with zero attached hydrogens (tertiary/aromatic N) is 3. The first-order chi connectivity index (χ1) is 16.7. The second kappa shape index (κ2) is 10.3. The van der Waals surface area contributed by atoms with Gasteiger partial charge in [-0.25, -0.2) is 9.98 Å². The highest BCUT2D eigenvalue weighted by molar-refractivity contribution is 6.16. The molecule has 0 spiro atoms. The van der Waals surface area contributed by atoms with Crippen LogP contribution >= 0.6 is 0 Å². The Kier molecular flexibility index (Phi) is 7.20. The van der Waals surface area contributed by atoms with Crippen molar-refractivity contribution in [2.75, 3.05) is 18.5 Å². The molecule has 0 amide bonds. The fourth-order valence-corrected chi connectivity index (χ4v) is 3.57. The SMILES string of the molecule is Cc1cccnc1C1=CC=C2C(Nc3ccc(OC(F)(F)F)cc3)=NC(COCC(C)C)=NC2N1. The standard InChI is InChI=1S/C25H26F3N5O2/c1-15(2)13-34-14-21-32-23(30-17-6-8-18(9-7-17)35-25(26,27)28)19-10-11-20(31-24(19)33-21)22-16(3)5-4-12-29-22/h4-12,15,24,31H,13-14H2,1-3H3,(H,30,32,33). The van der Waals surface area contributed by atoms with Crippen LogP contribution in [0, 0.1) is 12.8 Å². The van der Waals surface area contributed by atoms with E-state index < -0.39 is 12.5 Å². The molecule has 2 aliphatic rings. The van der Waals surface area contributed by atoms with Crippen LogP contribution in [0.1, 0.15) is 25.1 Å². The molecule has 2 N–H and O–H groups in total. The van der Waals surface area contributed by atoms with Gasteiger partial charge in [0, 0.05) is 24.1 Å². The first-order valence-electron chi connectivity index (χ1n) is 11.1. The number of ether oxygens (including phenoxy) is 2. The lowest BCUT2D eigenvalue weighted by Gasteiger charge is -2.29. The fraction of sp³-hybridized carbons (Fsp3) is 0.320.